The van der Waals surface area contributed by atoms with Crippen LogP contribution in [0.25, 0.3) is 0 Å². The van der Waals surface area contributed by atoms with Gasteiger partial charge in [-0.3, -0.25) is 0 Å². The van der Waals surface area contributed by atoms with E-state index in [1.54, 1.807) is 7.11 Å². The highest BCUT2D eigenvalue weighted by Crippen LogP contribution is 2.20. The van der Waals surface area contributed by atoms with Crippen LogP contribution < -0.4 is 5.32 Å². The van der Waals surface area contributed by atoms with Crippen molar-refractivity contribution in [3.05, 3.63) is 34.1 Å². The fourth-order valence-corrected chi connectivity index (χ4v) is 2.56. The molecule has 0 aliphatic heterocycles. The SMILES string of the molecule is CCCNC(CCOCCOC)Cc1ccc(F)cc1Br. The summed E-state index contributed by atoms with van der Waals surface area (Å²) in [4.78, 5) is 0. The second-order valence-electron chi connectivity index (χ2n) is 4.98. The van der Waals surface area contributed by atoms with E-state index in [0.717, 1.165) is 35.8 Å². The molecule has 0 radical (unpaired) electrons. The van der Waals surface area contributed by atoms with Gasteiger partial charge in [0.2, 0.25) is 0 Å². The van der Waals surface area contributed by atoms with Crippen molar-refractivity contribution in [2.24, 2.45) is 0 Å². The summed E-state index contributed by atoms with van der Waals surface area (Å²) < 4.78 is 24.4. The maximum absolute atomic E-state index is 13.1. The van der Waals surface area contributed by atoms with E-state index in [4.69, 9.17) is 9.47 Å². The Kier molecular flexibility index (Phi) is 9.83. The van der Waals surface area contributed by atoms with Gasteiger partial charge in [-0.05, 0) is 43.5 Å². The quantitative estimate of drug-likeness (QED) is 0.611. The van der Waals surface area contributed by atoms with Gasteiger partial charge >= 0.3 is 0 Å². The molecule has 0 spiro atoms. The smallest absolute Gasteiger partial charge is 0.124 e. The van der Waals surface area contributed by atoms with Gasteiger partial charge < -0.3 is 14.8 Å². The first-order valence-corrected chi connectivity index (χ1v) is 8.20. The van der Waals surface area contributed by atoms with Gasteiger partial charge in [-0.2, -0.15) is 0 Å². The Morgan fingerprint density at radius 1 is 1.29 bits per heavy atom. The van der Waals surface area contributed by atoms with Crippen molar-refractivity contribution >= 4 is 15.9 Å². The van der Waals surface area contributed by atoms with Crippen LogP contribution in [-0.4, -0.2) is 39.5 Å². The molecule has 1 rings (SSSR count). The number of halogens is 2. The van der Waals surface area contributed by atoms with E-state index in [0.29, 0.717) is 25.9 Å². The zero-order valence-electron chi connectivity index (χ0n) is 12.8. The van der Waals surface area contributed by atoms with Crippen molar-refractivity contribution < 1.29 is 13.9 Å². The van der Waals surface area contributed by atoms with Gasteiger partial charge in [0.15, 0.2) is 0 Å². The molecule has 0 aliphatic carbocycles. The highest BCUT2D eigenvalue weighted by atomic mass is 79.9. The van der Waals surface area contributed by atoms with Crippen LogP contribution in [0, 0.1) is 5.82 Å². The number of rotatable bonds is 11. The minimum atomic E-state index is -0.216. The molecule has 1 atom stereocenters. The minimum absolute atomic E-state index is 0.216. The molecule has 1 aromatic carbocycles. The third kappa shape index (κ3) is 7.90. The lowest BCUT2D eigenvalue weighted by Crippen LogP contribution is -2.33. The van der Waals surface area contributed by atoms with Gasteiger partial charge in [-0.1, -0.05) is 28.9 Å². The zero-order chi connectivity index (χ0) is 15.5. The summed E-state index contributed by atoms with van der Waals surface area (Å²) in [6.07, 6.45) is 2.87. The summed E-state index contributed by atoms with van der Waals surface area (Å²) in [7, 11) is 1.67. The number of hydrogen-bond acceptors (Lipinski definition) is 3. The molecule has 0 aromatic heterocycles. The highest BCUT2D eigenvalue weighted by molar-refractivity contribution is 9.10. The molecule has 0 aliphatic rings. The second kappa shape index (κ2) is 11.1. The van der Waals surface area contributed by atoms with Gasteiger partial charge in [-0.15, -0.1) is 0 Å². The maximum Gasteiger partial charge on any atom is 0.124 e. The van der Waals surface area contributed by atoms with E-state index < -0.39 is 0 Å². The topological polar surface area (TPSA) is 30.5 Å². The lowest BCUT2D eigenvalue weighted by molar-refractivity contribution is 0.0658. The minimum Gasteiger partial charge on any atom is -0.382 e. The Balaban J connectivity index is 2.48. The predicted molar refractivity (Wildman–Crippen MR) is 87.2 cm³/mol. The molecule has 21 heavy (non-hydrogen) atoms. The summed E-state index contributed by atoms with van der Waals surface area (Å²) in [5, 5.41) is 3.52. The van der Waals surface area contributed by atoms with Crippen LogP contribution in [-0.2, 0) is 15.9 Å². The first-order chi connectivity index (χ1) is 10.2. The van der Waals surface area contributed by atoms with Gasteiger partial charge in [0.25, 0.3) is 0 Å². The average Bonchev–Trinajstić information content (AvgIpc) is 2.46. The number of nitrogens with one attached hydrogen (secondary N) is 1. The number of ether oxygens (including phenoxy) is 2. The predicted octanol–water partition coefficient (Wildman–Crippen LogP) is 3.55. The Bertz CT molecular complexity index is 404. The van der Waals surface area contributed by atoms with Crippen molar-refractivity contribution in [2.75, 3.05) is 33.5 Å². The number of benzene rings is 1. The maximum atomic E-state index is 13.1. The van der Waals surface area contributed by atoms with E-state index in [2.05, 4.69) is 28.2 Å². The monoisotopic (exact) mass is 361 g/mol. The fourth-order valence-electron chi connectivity index (χ4n) is 2.05. The van der Waals surface area contributed by atoms with Gasteiger partial charge in [0, 0.05) is 24.2 Å². The van der Waals surface area contributed by atoms with Crippen LogP contribution in [0.2, 0.25) is 0 Å². The van der Waals surface area contributed by atoms with Crippen LogP contribution in [0.15, 0.2) is 22.7 Å². The Morgan fingerprint density at radius 2 is 2.10 bits per heavy atom. The molecule has 1 unspecified atom stereocenters. The molecular weight excluding hydrogens is 337 g/mol. The summed E-state index contributed by atoms with van der Waals surface area (Å²) in [5.74, 6) is -0.216. The van der Waals surface area contributed by atoms with Gasteiger partial charge in [-0.25, -0.2) is 4.39 Å². The number of methoxy groups -OCH3 is 1. The largest absolute Gasteiger partial charge is 0.382 e. The van der Waals surface area contributed by atoms with Crippen LogP contribution in [0.4, 0.5) is 4.39 Å². The van der Waals surface area contributed by atoms with Crippen LogP contribution in [0.3, 0.4) is 0 Å². The van der Waals surface area contributed by atoms with Crippen LogP contribution >= 0.6 is 15.9 Å². The molecule has 1 aromatic rings. The second-order valence-corrected chi connectivity index (χ2v) is 5.84. The molecule has 0 saturated carbocycles. The Labute approximate surface area is 135 Å². The molecule has 1 N–H and O–H groups in total. The van der Waals surface area contributed by atoms with E-state index >= 15 is 0 Å². The zero-order valence-corrected chi connectivity index (χ0v) is 14.4. The highest BCUT2D eigenvalue weighted by Gasteiger charge is 2.11. The first-order valence-electron chi connectivity index (χ1n) is 7.41. The average molecular weight is 362 g/mol. The molecule has 0 amide bonds. The van der Waals surface area contributed by atoms with Crippen molar-refractivity contribution in [1.82, 2.24) is 5.32 Å². The summed E-state index contributed by atoms with van der Waals surface area (Å²) >= 11 is 3.43. The number of hydrogen-bond donors (Lipinski definition) is 1. The lowest BCUT2D eigenvalue weighted by Gasteiger charge is -2.19. The molecule has 0 bridgehead atoms. The van der Waals surface area contributed by atoms with Gasteiger partial charge in [0.1, 0.15) is 5.82 Å². The summed E-state index contributed by atoms with van der Waals surface area (Å²) in [6, 6.07) is 5.19. The fraction of sp³-hybridized carbons (Fsp3) is 0.625. The molecule has 0 saturated heterocycles. The van der Waals surface area contributed by atoms with Crippen molar-refractivity contribution in [2.45, 2.75) is 32.2 Å². The first kappa shape index (κ1) is 18.6. The third-order valence-electron chi connectivity index (χ3n) is 3.21. The molecule has 5 heteroatoms. The summed E-state index contributed by atoms with van der Waals surface area (Å²) in [5.41, 5.74) is 1.11. The molecule has 3 nitrogen and oxygen atoms in total. The van der Waals surface area contributed by atoms with Crippen molar-refractivity contribution in [1.29, 1.82) is 0 Å². The van der Waals surface area contributed by atoms with Crippen molar-refractivity contribution in [3.63, 3.8) is 0 Å². The van der Waals surface area contributed by atoms with Crippen molar-refractivity contribution in [3.8, 4) is 0 Å². The standard InChI is InChI=1S/C16H25BrFNO2/c1-3-7-19-15(6-8-21-10-9-20-2)11-13-4-5-14(18)12-16(13)17/h4-5,12,15,19H,3,6-11H2,1-2H3. The van der Waals surface area contributed by atoms with E-state index in [-0.39, 0.29) is 5.82 Å². The molecule has 0 fully saturated rings. The van der Waals surface area contributed by atoms with E-state index in [9.17, 15) is 4.39 Å². The molecule has 0 heterocycles. The molecular formula is C16H25BrFNO2. The lowest BCUT2D eigenvalue weighted by atomic mass is 10.0. The normalized spacial score (nSPS) is 12.6. The van der Waals surface area contributed by atoms with E-state index in [1.165, 1.54) is 12.1 Å². The molecule has 120 valence electrons. The third-order valence-corrected chi connectivity index (χ3v) is 3.95. The van der Waals surface area contributed by atoms with Crippen LogP contribution in [0.1, 0.15) is 25.3 Å². The summed E-state index contributed by atoms with van der Waals surface area (Å²) in [6.45, 7) is 5.06. The van der Waals surface area contributed by atoms with E-state index in [1.807, 2.05) is 6.07 Å². The Morgan fingerprint density at radius 3 is 2.76 bits per heavy atom. The van der Waals surface area contributed by atoms with Gasteiger partial charge in [0.05, 0.1) is 13.2 Å². The Hall–Kier alpha value is -0.490. The van der Waals surface area contributed by atoms with Crippen LogP contribution in [0.5, 0.6) is 0 Å².